The van der Waals surface area contributed by atoms with E-state index in [-0.39, 0.29) is 5.82 Å². The van der Waals surface area contributed by atoms with Crippen molar-refractivity contribution in [2.75, 3.05) is 31.6 Å². The Bertz CT molecular complexity index is 462. The number of aliphatic hydroxyl groups is 1. The minimum Gasteiger partial charge on any atom is -0.389 e. The maximum Gasteiger partial charge on any atom is 0.126 e. The summed E-state index contributed by atoms with van der Waals surface area (Å²) in [6, 6.07) is 3.79. The highest BCUT2D eigenvalue weighted by molar-refractivity contribution is 5.57. The molecule has 3 nitrogen and oxygen atoms in total. The Labute approximate surface area is 114 Å². The van der Waals surface area contributed by atoms with Crippen molar-refractivity contribution in [1.82, 2.24) is 4.90 Å². The van der Waals surface area contributed by atoms with Crippen LogP contribution in [0.15, 0.2) is 12.1 Å². The summed E-state index contributed by atoms with van der Waals surface area (Å²) in [5.74, 6) is -0.248. The number of hydrogen-bond donors (Lipinski definition) is 1. The monoisotopic (exact) mass is 266 g/mol. The standard InChI is InChI=1S/C15H23FN2O/c1-10-7-15(13(12(3)19)8-14(10)16)18-6-5-17(4)11(2)9-18/h7-8,11-12,19H,5-6,9H2,1-4H3/t11?,12-/m0/s1. The number of aryl methyl sites for hydroxylation is 1. The van der Waals surface area contributed by atoms with Crippen LogP contribution in [0.1, 0.15) is 31.1 Å². The summed E-state index contributed by atoms with van der Waals surface area (Å²) in [4.78, 5) is 4.56. The van der Waals surface area contributed by atoms with E-state index in [1.165, 1.54) is 6.07 Å². The van der Waals surface area contributed by atoms with Gasteiger partial charge in [-0.15, -0.1) is 0 Å². The number of likely N-dealkylation sites (N-methyl/N-ethyl adjacent to an activating group) is 1. The lowest BCUT2D eigenvalue weighted by molar-refractivity contribution is 0.197. The van der Waals surface area contributed by atoms with Crippen molar-refractivity contribution in [3.05, 3.63) is 29.1 Å². The topological polar surface area (TPSA) is 26.7 Å². The van der Waals surface area contributed by atoms with Gasteiger partial charge in [-0.1, -0.05) is 0 Å². The molecule has 4 heteroatoms. The van der Waals surface area contributed by atoms with Crippen LogP contribution in [-0.2, 0) is 0 Å². The lowest BCUT2D eigenvalue weighted by Crippen LogP contribution is -2.50. The fourth-order valence-electron chi connectivity index (χ4n) is 2.56. The summed E-state index contributed by atoms with van der Waals surface area (Å²) in [6.45, 7) is 8.44. The molecule has 0 radical (unpaired) electrons. The first-order valence-corrected chi connectivity index (χ1v) is 6.83. The average Bonchev–Trinajstić information content (AvgIpc) is 2.35. The summed E-state index contributed by atoms with van der Waals surface area (Å²) in [7, 11) is 2.12. The van der Waals surface area contributed by atoms with E-state index < -0.39 is 6.10 Å². The van der Waals surface area contributed by atoms with E-state index in [0.717, 1.165) is 25.3 Å². The van der Waals surface area contributed by atoms with Crippen LogP contribution in [0.4, 0.5) is 10.1 Å². The largest absolute Gasteiger partial charge is 0.389 e. The molecule has 2 rings (SSSR count). The third-order valence-electron chi connectivity index (χ3n) is 4.06. The average molecular weight is 266 g/mol. The fourth-order valence-corrected chi connectivity index (χ4v) is 2.56. The first-order valence-electron chi connectivity index (χ1n) is 6.83. The summed E-state index contributed by atoms with van der Waals surface area (Å²) in [5.41, 5.74) is 2.28. The van der Waals surface area contributed by atoms with Crippen molar-refractivity contribution in [2.24, 2.45) is 0 Å². The number of piperazine rings is 1. The second-order valence-electron chi connectivity index (χ2n) is 5.61. The molecule has 0 spiro atoms. The summed E-state index contributed by atoms with van der Waals surface area (Å²) < 4.78 is 13.7. The van der Waals surface area contributed by atoms with Gasteiger partial charge in [-0.2, -0.15) is 0 Å². The van der Waals surface area contributed by atoms with E-state index in [1.54, 1.807) is 13.8 Å². The quantitative estimate of drug-likeness (QED) is 0.890. The predicted molar refractivity (Wildman–Crippen MR) is 76.1 cm³/mol. The third kappa shape index (κ3) is 2.90. The van der Waals surface area contributed by atoms with E-state index in [2.05, 4.69) is 23.8 Å². The molecule has 1 fully saturated rings. The van der Waals surface area contributed by atoms with Crippen LogP contribution in [0.25, 0.3) is 0 Å². The molecule has 0 aliphatic carbocycles. The van der Waals surface area contributed by atoms with Crippen LogP contribution < -0.4 is 4.90 Å². The molecule has 1 saturated heterocycles. The van der Waals surface area contributed by atoms with Gasteiger partial charge in [0.25, 0.3) is 0 Å². The van der Waals surface area contributed by atoms with Crippen molar-refractivity contribution in [3.8, 4) is 0 Å². The molecule has 0 bridgehead atoms. The molecule has 0 amide bonds. The SMILES string of the molecule is Cc1cc(N2CCN(C)C(C)C2)c([C@H](C)O)cc1F. The number of aliphatic hydroxyl groups excluding tert-OH is 1. The van der Waals surface area contributed by atoms with Crippen LogP contribution in [0.2, 0.25) is 0 Å². The van der Waals surface area contributed by atoms with Gasteiger partial charge in [0.1, 0.15) is 5.82 Å². The van der Waals surface area contributed by atoms with Crippen LogP contribution in [0.3, 0.4) is 0 Å². The molecule has 1 unspecified atom stereocenters. The normalized spacial score (nSPS) is 22.6. The second kappa shape index (κ2) is 5.47. The van der Waals surface area contributed by atoms with E-state index >= 15 is 0 Å². The van der Waals surface area contributed by atoms with Crippen molar-refractivity contribution in [3.63, 3.8) is 0 Å². The Morgan fingerprint density at radius 1 is 1.37 bits per heavy atom. The van der Waals surface area contributed by atoms with Crippen LogP contribution in [-0.4, -0.2) is 42.7 Å². The van der Waals surface area contributed by atoms with Crippen molar-refractivity contribution in [2.45, 2.75) is 32.9 Å². The van der Waals surface area contributed by atoms with Gasteiger partial charge in [0.15, 0.2) is 0 Å². The van der Waals surface area contributed by atoms with Crippen LogP contribution in [0.5, 0.6) is 0 Å². The summed E-state index contributed by atoms with van der Waals surface area (Å²) in [5, 5.41) is 9.86. The minimum atomic E-state index is -0.653. The highest BCUT2D eigenvalue weighted by Gasteiger charge is 2.24. The fraction of sp³-hybridized carbons (Fsp3) is 0.600. The van der Waals surface area contributed by atoms with Crippen LogP contribution >= 0.6 is 0 Å². The van der Waals surface area contributed by atoms with Gasteiger partial charge in [0.2, 0.25) is 0 Å². The minimum absolute atomic E-state index is 0.248. The Hall–Kier alpha value is -1.13. The molecule has 1 aliphatic heterocycles. The molecule has 0 saturated carbocycles. The van der Waals surface area contributed by atoms with Gasteiger partial charge >= 0.3 is 0 Å². The number of rotatable bonds is 2. The smallest absolute Gasteiger partial charge is 0.126 e. The highest BCUT2D eigenvalue weighted by atomic mass is 19.1. The molecule has 1 N–H and O–H groups in total. The van der Waals surface area contributed by atoms with Gasteiger partial charge < -0.3 is 14.9 Å². The Kier molecular flexibility index (Phi) is 4.11. The molecule has 2 atom stereocenters. The predicted octanol–water partition coefficient (Wildman–Crippen LogP) is 2.33. The first-order chi connectivity index (χ1) is 8.90. The van der Waals surface area contributed by atoms with Gasteiger partial charge in [-0.05, 0) is 45.5 Å². The van der Waals surface area contributed by atoms with E-state index in [0.29, 0.717) is 17.2 Å². The molecule has 1 heterocycles. The number of halogens is 1. The van der Waals surface area contributed by atoms with Crippen molar-refractivity contribution >= 4 is 5.69 Å². The van der Waals surface area contributed by atoms with Crippen molar-refractivity contribution in [1.29, 1.82) is 0 Å². The summed E-state index contributed by atoms with van der Waals surface area (Å²) in [6.07, 6.45) is -0.653. The molecule has 106 valence electrons. The number of anilines is 1. The van der Waals surface area contributed by atoms with E-state index in [1.807, 2.05) is 6.07 Å². The zero-order chi connectivity index (χ0) is 14.2. The number of hydrogen-bond acceptors (Lipinski definition) is 3. The maximum absolute atomic E-state index is 13.7. The Morgan fingerprint density at radius 2 is 2.05 bits per heavy atom. The molecule has 1 aromatic carbocycles. The maximum atomic E-state index is 13.7. The van der Waals surface area contributed by atoms with Crippen LogP contribution in [0, 0.1) is 12.7 Å². The summed E-state index contributed by atoms with van der Waals surface area (Å²) >= 11 is 0. The molecule has 0 aromatic heterocycles. The van der Waals surface area contributed by atoms with Gasteiger partial charge in [0.05, 0.1) is 6.10 Å². The second-order valence-corrected chi connectivity index (χ2v) is 5.61. The zero-order valence-electron chi connectivity index (χ0n) is 12.2. The number of benzene rings is 1. The molecular formula is C15H23FN2O. The Balaban J connectivity index is 2.35. The zero-order valence-corrected chi connectivity index (χ0v) is 12.2. The van der Waals surface area contributed by atoms with E-state index in [9.17, 15) is 9.50 Å². The highest BCUT2D eigenvalue weighted by Crippen LogP contribution is 2.30. The van der Waals surface area contributed by atoms with Crippen molar-refractivity contribution < 1.29 is 9.50 Å². The van der Waals surface area contributed by atoms with Gasteiger partial charge in [-0.25, -0.2) is 4.39 Å². The lowest BCUT2D eigenvalue weighted by atomic mass is 10.0. The molecule has 19 heavy (non-hydrogen) atoms. The molecule has 1 aliphatic rings. The van der Waals surface area contributed by atoms with Gasteiger partial charge in [-0.3, -0.25) is 0 Å². The lowest BCUT2D eigenvalue weighted by Gasteiger charge is -2.40. The first kappa shape index (κ1) is 14.3. The Morgan fingerprint density at radius 3 is 2.63 bits per heavy atom. The number of nitrogens with zero attached hydrogens (tertiary/aromatic N) is 2. The van der Waals surface area contributed by atoms with E-state index in [4.69, 9.17) is 0 Å². The molecule has 1 aromatic rings. The molecular weight excluding hydrogens is 243 g/mol. The van der Waals surface area contributed by atoms with Gasteiger partial charge in [0, 0.05) is 36.9 Å². The third-order valence-corrected chi connectivity index (χ3v) is 4.06.